The van der Waals surface area contributed by atoms with E-state index in [1.807, 2.05) is 0 Å². The second kappa shape index (κ2) is 5.05. The SMILES string of the molecule is O=Cc1cnc(Cl)c(-c2cc(Cl)ccc2Cl)c1. The lowest BCUT2D eigenvalue weighted by Crippen LogP contribution is -1.89. The van der Waals surface area contributed by atoms with Crippen molar-refractivity contribution < 1.29 is 4.79 Å². The molecule has 0 bridgehead atoms. The van der Waals surface area contributed by atoms with Gasteiger partial charge in [-0.15, -0.1) is 0 Å². The zero-order valence-corrected chi connectivity index (χ0v) is 10.7. The number of pyridine rings is 1. The Morgan fingerprint density at radius 2 is 1.82 bits per heavy atom. The maximum Gasteiger partial charge on any atom is 0.151 e. The summed E-state index contributed by atoms with van der Waals surface area (Å²) >= 11 is 17.9. The maximum absolute atomic E-state index is 10.7. The van der Waals surface area contributed by atoms with Gasteiger partial charge < -0.3 is 0 Å². The van der Waals surface area contributed by atoms with E-state index < -0.39 is 0 Å². The first-order valence-electron chi connectivity index (χ1n) is 4.68. The summed E-state index contributed by atoms with van der Waals surface area (Å²) in [5.41, 5.74) is 1.67. The average Bonchev–Trinajstić information content (AvgIpc) is 2.33. The van der Waals surface area contributed by atoms with Gasteiger partial charge in [-0.05, 0) is 24.3 Å². The van der Waals surface area contributed by atoms with Gasteiger partial charge in [-0.3, -0.25) is 4.79 Å². The van der Waals surface area contributed by atoms with E-state index in [2.05, 4.69) is 4.98 Å². The highest BCUT2D eigenvalue weighted by Gasteiger charge is 2.10. The summed E-state index contributed by atoms with van der Waals surface area (Å²) in [6.07, 6.45) is 2.10. The van der Waals surface area contributed by atoms with E-state index in [-0.39, 0.29) is 5.15 Å². The second-order valence-corrected chi connectivity index (χ2v) is 4.55. The minimum Gasteiger partial charge on any atom is -0.298 e. The summed E-state index contributed by atoms with van der Waals surface area (Å²) in [6.45, 7) is 0. The molecule has 0 aliphatic heterocycles. The Bertz CT molecular complexity index is 584. The van der Waals surface area contributed by atoms with Crippen LogP contribution >= 0.6 is 34.8 Å². The van der Waals surface area contributed by atoms with Crippen molar-refractivity contribution in [1.82, 2.24) is 4.98 Å². The number of benzene rings is 1. The van der Waals surface area contributed by atoms with Crippen LogP contribution in [0.3, 0.4) is 0 Å². The summed E-state index contributed by atoms with van der Waals surface area (Å²) in [4.78, 5) is 14.6. The minimum atomic E-state index is 0.278. The standard InChI is InChI=1S/C12H6Cl3NO/c13-8-1-2-11(14)9(4-8)10-3-7(6-17)5-16-12(10)15/h1-6H. The number of rotatable bonds is 2. The van der Waals surface area contributed by atoms with Crippen LogP contribution in [0.25, 0.3) is 11.1 Å². The van der Waals surface area contributed by atoms with E-state index in [0.717, 1.165) is 0 Å². The van der Waals surface area contributed by atoms with Gasteiger partial charge in [0.15, 0.2) is 6.29 Å². The molecule has 0 saturated heterocycles. The zero-order chi connectivity index (χ0) is 12.4. The Morgan fingerprint density at radius 1 is 1.06 bits per heavy atom. The van der Waals surface area contributed by atoms with E-state index in [1.54, 1.807) is 24.3 Å². The Kier molecular flexibility index (Phi) is 3.67. The molecule has 1 aromatic carbocycles. The van der Waals surface area contributed by atoms with Crippen LogP contribution in [0.15, 0.2) is 30.5 Å². The van der Waals surface area contributed by atoms with Crippen molar-refractivity contribution in [2.45, 2.75) is 0 Å². The first kappa shape index (κ1) is 12.4. The molecule has 0 saturated carbocycles. The van der Waals surface area contributed by atoms with Gasteiger partial charge in [0, 0.05) is 32.9 Å². The lowest BCUT2D eigenvalue weighted by atomic mass is 10.1. The number of hydrogen-bond donors (Lipinski definition) is 0. The number of aldehydes is 1. The summed E-state index contributed by atoms with van der Waals surface area (Å²) in [6, 6.07) is 6.66. The molecule has 1 aromatic heterocycles. The van der Waals surface area contributed by atoms with Crippen LogP contribution in [0.4, 0.5) is 0 Å². The van der Waals surface area contributed by atoms with Crippen LogP contribution in [-0.2, 0) is 0 Å². The molecule has 0 spiro atoms. The molecule has 0 atom stereocenters. The lowest BCUT2D eigenvalue weighted by Gasteiger charge is -2.07. The third-order valence-corrected chi connectivity index (χ3v) is 3.08. The molecule has 0 amide bonds. The van der Waals surface area contributed by atoms with Crippen molar-refractivity contribution in [3.63, 3.8) is 0 Å². The molecule has 86 valence electrons. The number of halogens is 3. The predicted molar refractivity (Wildman–Crippen MR) is 70.1 cm³/mol. The topological polar surface area (TPSA) is 30.0 Å². The highest BCUT2D eigenvalue weighted by molar-refractivity contribution is 6.37. The van der Waals surface area contributed by atoms with Gasteiger partial charge in [-0.25, -0.2) is 4.98 Å². The number of carbonyl (C=O) groups is 1. The van der Waals surface area contributed by atoms with E-state index in [1.165, 1.54) is 6.20 Å². The monoisotopic (exact) mass is 285 g/mol. The molecule has 5 heteroatoms. The van der Waals surface area contributed by atoms with Gasteiger partial charge in [0.25, 0.3) is 0 Å². The zero-order valence-electron chi connectivity index (χ0n) is 8.45. The summed E-state index contributed by atoms with van der Waals surface area (Å²) < 4.78 is 0. The molecule has 17 heavy (non-hydrogen) atoms. The molecule has 0 aliphatic rings. The Labute approximate surface area is 113 Å². The van der Waals surface area contributed by atoms with Crippen molar-refractivity contribution in [2.24, 2.45) is 0 Å². The van der Waals surface area contributed by atoms with Gasteiger partial charge in [0.2, 0.25) is 0 Å². The van der Waals surface area contributed by atoms with Crippen molar-refractivity contribution >= 4 is 41.1 Å². The van der Waals surface area contributed by atoms with Gasteiger partial charge in [0.1, 0.15) is 5.15 Å². The molecule has 1 heterocycles. The van der Waals surface area contributed by atoms with Crippen LogP contribution in [0.2, 0.25) is 15.2 Å². The largest absolute Gasteiger partial charge is 0.298 e. The number of hydrogen-bond acceptors (Lipinski definition) is 2. The first-order chi connectivity index (χ1) is 8.11. The summed E-state index contributed by atoms with van der Waals surface area (Å²) in [5.74, 6) is 0. The number of aromatic nitrogens is 1. The van der Waals surface area contributed by atoms with Gasteiger partial charge in [0.05, 0.1) is 0 Å². The molecule has 2 rings (SSSR count). The Balaban J connectivity index is 2.66. The highest BCUT2D eigenvalue weighted by Crippen LogP contribution is 2.34. The Morgan fingerprint density at radius 3 is 2.53 bits per heavy atom. The smallest absolute Gasteiger partial charge is 0.151 e. The molecule has 2 aromatic rings. The Hall–Kier alpha value is -1.09. The summed E-state index contributed by atoms with van der Waals surface area (Å²) in [7, 11) is 0. The molecule has 0 fully saturated rings. The molecule has 0 unspecified atom stereocenters. The van der Waals surface area contributed by atoms with Crippen LogP contribution < -0.4 is 0 Å². The normalized spacial score (nSPS) is 10.3. The van der Waals surface area contributed by atoms with Gasteiger partial charge in [-0.1, -0.05) is 34.8 Å². The predicted octanol–water partition coefficient (Wildman–Crippen LogP) is 4.52. The molecule has 2 nitrogen and oxygen atoms in total. The minimum absolute atomic E-state index is 0.278. The highest BCUT2D eigenvalue weighted by atomic mass is 35.5. The van der Waals surface area contributed by atoms with Crippen LogP contribution in [0, 0.1) is 0 Å². The van der Waals surface area contributed by atoms with E-state index in [0.29, 0.717) is 33.0 Å². The fourth-order valence-corrected chi connectivity index (χ4v) is 2.02. The average molecular weight is 287 g/mol. The third-order valence-electron chi connectivity index (χ3n) is 2.21. The maximum atomic E-state index is 10.7. The van der Waals surface area contributed by atoms with Crippen molar-refractivity contribution in [3.8, 4) is 11.1 Å². The molecular weight excluding hydrogens is 280 g/mol. The van der Waals surface area contributed by atoms with Gasteiger partial charge >= 0.3 is 0 Å². The van der Waals surface area contributed by atoms with Crippen LogP contribution in [-0.4, -0.2) is 11.3 Å². The van der Waals surface area contributed by atoms with E-state index >= 15 is 0 Å². The summed E-state index contributed by atoms with van der Waals surface area (Å²) in [5, 5.41) is 1.32. The van der Waals surface area contributed by atoms with Crippen molar-refractivity contribution in [1.29, 1.82) is 0 Å². The fraction of sp³-hybridized carbons (Fsp3) is 0. The number of nitrogens with zero attached hydrogens (tertiary/aromatic N) is 1. The quantitative estimate of drug-likeness (QED) is 0.600. The number of carbonyl (C=O) groups excluding carboxylic acids is 1. The van der Waals surface area contributed by atoms with Crippen molar-refractivity contribution in [2.75, 3.05) is 0 Å². The lowest BCUT2D eigenvalue weighted by molar-refractivity contribution is 0.112. The van der Waals surface area contributed by atoms with Gasteiger partial charge in [-0.2, -0.15) is 0 Å². The fourth-order valence-electron chi connectivity index (χ4n) is 1.42. The second-order valence-electron chi connectivity index (χ2n) is 3.35. The molecular formula is C12H6Cl3NO. The van der Waals surface area contributed by atoms with E-state index in [4.69, 9.17) is 34.8 Å². The molecule has 0 aliphatic carbocycles. The van der Waals surface area contributed by atoms with E-state index in [9.17, 15) is 4.79 Å². The first-order valence-corrected chi connectivity index (χ1v) is 5.81. The van der Waals surface area contributed by atoms with Crippen LogP contribution in [0.5, 0.6) is 0 Å². The van der Waals surface area contributed by atoms with Crippen LogP contribution in [0.1, 0.15) is 10.4 Å². The molecule has 0 radical (unpaired) electrons. The van der Waals surface area contributed by atoms with Crippen molar-refractivity contribution in [3.05, 3.63) is 51.2 Å². The molecule has 0 N–H and O–H groups in total. The third kappa shape index (κ3) is 2.60.